The highest BCUT2D eigenvalue weighted by Crippen LogP contribution is 2.56. The number of aromatic nitrogens is 1. The topological polar surface area (TPSA) is 108 Å². The minimum Gasteiger partial charge on any atom is -0.389 e. The van der Waals surface area contributed by atoms with Gasteiger partial charge in [0.15, 0.2) is 16.0 Å². The third-order valence-electron chi connectivity index (χ3n) is 8.93. The van der Waals surface area contributed by atoms with Crippen molar-refractivity contribution in [3.05, 3.63) is 59.2 Å². The maximum absolute atomic E-state index is 15.0. The van der Waals surface area contributed by atoms with Crippen molar-refractivity contribution in [1.82, 2.24) is 14.8 Å². The van der Waals surface area contributed by atoms with E-state index in [2.05, 4.69) is 4.98 Å². The molecule has 1 N–H and O–H groups in total. The zero-order valence-corrected chi connectivity index (χ0v) is 25.5. The van der Waals surface area contributed by atoms with Crippen molar-refractivity contribution in [2.75, 3.05) is 13.1 Å². The first-order valence-electron chi connectivity index (χ1n) is 14.3. The minimum absolute atomic E-state index is 0.0872. The molecule has 18 heteroatoms. The van der Waals surface area contributed by atoms with Crippen LogP contribution >= 0.6 is 0 Å². The largest absolute Gasteiger partial charge is 0.437 e. The van der Waals surface area contributed by atoms with Gasteiger partial charge in [0.1, 0.15) is 16.6 Å². The van der Waals surface area contributed by atoms with Crippen molar-refractivity contribution >= 4 is 21.7 Å². The van der Waals surface area contributed by atoms with E-state index in [1.165, 1.54) is 13.8 Å². The Bertz CT molecular complexity index is 1700. The van der Waals surface area contributed by atoms with Crippen LogP contribution in [0.1, 0.15) is 50.1 Å². The Kier molecular flexibility index (Phi) is 8.22. The first kappa shape index (κ1) is 34.9. The molecule has 2 aromatic rings. The van der Waals surface area contributed by atoms with E-state index in [1.807, 2.05) is 0 Å². The van der Waals surface area contributed by atoms with Gasteiger partial charge in [-0.2, -0.15) is 26.3 Å². The molecule has 2 aliphatic heterocycles. The second-order valence-corrected chi connectivity index (χ2v) is 14.7. The van der Waals surface area contributed by atoms with E-state index in [0.717, 1.165) is 28.0 Å². The molecule has 2 unspecified atom stereocenters. The first-order chi connectivity index (χ1) is 21.5. The standard InChI is InChI=1S/C29H28F9N3O5S/c1-25(2,44)14-41-20(13-18(31)23(41)42)24(43)40-11-10-26(47(45,46)16-5-3-4-15(30)12-16)17-6-8-21(39-19(17)7-9-22(26)40)27(32,28(33,34)35)29(36,37)38/h3-6,8,12,18,20,22,44H,7,9-11,13-14H2,1-2H3/t18-,20+,22?,26?/m1/s1. The maximum atomic E-state index is 15.0. The second-order valence-electron chi connectivity index (χ2n) is 12.5. The predicted molar refractivity (Wildman–Crippen MR) is 144 cm³/mol. The van der Waals surface area contributed by atoms with Crippen LogP contribution in [0, 0.1) is 5.82 Å². The number of aryl methyl sites for hydroxylation is 1. The normalized spacial score (nSPS) is 25.6. The lowest BCUT2D eigenvalue weighted by molar-refractivity contribution is -0.350. The van der Waals surface area contributed by atoms with Gasteiger partial charge in [0, 0.05) is 25.2 Å². The summed E-state index contributed by atoms with van der Waals surface area (Å²) in [7, 11) is -4.86. The van der Waals surface area contributed by atoms with Gasteiger partial charge < -0.3 is 14.9 Å². The van der Waals surface area contributed by atoms with E-state index in [9.17, 15) is 62.6 Å². The monoisotopic (exact) mass is 701 g/mol. The molecule has 47 heavy (non-hydrogen) atoms. The minimum atomic E-state index is -6.49. The van der Waals surface area contributed by atoms with Crippen molar-refractivity contribution in [2.24, 2.45) is 0 Å². The van der Waals surface area contributed by atoms with Crippen LogP contribution in [0.3, 0.4) is 0 Å². The fraction of sp³-hybridized carbons (Fsp3) is 0.552. The quantitative estimate of drug-likeness (QED) is 0.447. The molecule has 5 rings (SSSR count). The molecule has 0 bridgehead atoms. The van der Waals surface area contributed by atoms with Gasteiger partial charge in [-0.25, -0.2) is 21.6 Å². The summed E-state index contributed by atoms with van der Waals surface area (Å²) in [5, 5.41) is 10.3. The number of benzene rings is 1. The number of β-amino-alcohol motifs (C(OH)–C–C–N with tert-alkyl or cyclic N) is 1. The molecule has 3 aliphatic rings. The average molecular weight is 702 g/mol. The van der Waals surface area contributed by atoms with Crippen molar-refractivity contribution in [3.63, 3.8) is 0 Å². The van der Waals surface area contributed by atoms with Crippen LogP contribution in [0.2, 0.25) is 0 Å². The van der Waals surface area contributed by atoms with Gasteiger partial charge in [0.05, 0.1) is 22.2 Å². The maximum Gasteiger partial charge on any atom is 0.437 e. The number of hydrogen-bond acceptors (Lipinski definition) is 6. The first-order valence-corrected chi connectivity index (χ1v) is 15.8. The van der Waals surface area contributed by atoms with Gasteiger partial charge >= 0.3 is 18.0 Å². The number of pyridine rings is 1. The SMILES string of the molecule is CC(C)(O)CN1C(=O)[C@H](F)C[C@H]1C(=O)N1CCC2(S(=O)(=O)c3cccc(F)c3)c3ccc(C(F)(C(F)(F)F)C(F)(F)F)nc3CCC12. The summed E-state index contributed by atoms with van der Waals surface area (Å²) >= 11 is 0. The van der Waals surface area contributed by atoms with Crippen LogP contribution in [0.5, 0.6) is 0 Å². The molecule has 8 nitrogen and oxygen atoms in total. The lowest BCUT2D eigenvalue weighted by Crippen LogP contribution is -2.56. The third kappa shape index (κ3) is 5.34. The molecule has 2 amide bonds. The van der Waals surface area contributed by atoms with Crippen molar-refractivity contribution < 1.29 is 62.6 Å². The van der Waals surface area contributed by atoms with E-state index in [1.54, 1.807) is 0 Å². The molecule has 4 atom stereocenters. The average Bonchev–Trinajstić information content (AvgIpc) is 3.49. The second kappa shape index (κ2) is 11.1. The molecule has 0 radical (unpaired) electrons. The van der Waals surface area contributed by atoms with E-state index < -0.39 is 135 Å². The van der Waals surface area contributed by atoms with Crippen LogP contribution in [-0.4, -0.2) is 89.4 Å². The van der Waals surface area contributed by atoms with Gasteiger partial charge in [0.2, 0.25) is 5.91 Å². The number of sulfone groups is 1. The van der Waals surface area contributed by atoms with Gasteiger partial charge in [0.25, 0.3) is 5.91 Å². The zero-order valence-electron chi connectivity index (χ0n) is 24.7. The number of carbonyl (C=O) groups excluding carboxylic acids is 2. The van der Waals surface area contributed by atoms with E-state index in [4.69, 9.17) is 0 Å². The highest BCUT2D eigenvalue weighted by atomic mass is 32.2. The Morgan fingerprint density at radius 1 is 1.06 bits per heavy atom. The fourth-order valence-corrected chi connectivity index (χ4v) is 9.30. The summed E-state index contributed by atoms with van der Waals surface area (Å²) in [6, 6.07) is 1.45. The lowest BCUT2D eigenvalue weighted by atomic mass is 9.80. The number of carbonyl (C=O) groups is 2. The summed E-state index contributed by atoms with van der Waals surface area (Å²) in [5.41, 5.74) is -10.6. The molecule has 1 aliphatic carbocycles. The number of halogens is 9. The van der Waals surface area contributed by atoms with Crippen molar-refractivity contribution in [3.8, 4) is 0 Å². The van der Waals surface area contributed by atoms with Crippen LogP contribution in [0.4, 0.5) is 39.5 Å². The summed E-state index contributed by atoms with van der Waals surface area (Å²) in [5.74, 6) is -2.99. The summed E-state index contributed by atoms with van der Waals surface area (Å²) in [4.78, 5) is 31.2. The Balaban J connectivity index is 1.67. The highest BCUT2D eigenvalue weighted by Gasteiger charge is 2.75. The van der Waals surface area contributed by atoms with Crippen LogP contribution in [0.25, 0.3) is 0 Å². The molecule has 0 spiro atoms. The molecular formula is C29H28F9N3O5S. The number of aliphatic hydroxyl groups is 1. The Labute approximate surface area is 262 Å². The molecule has 3 heterocycles. The van der Waals surface area contributed by atoms with E-state index in [0.29, 0.717) is 12.1 Å². The van der Waals surface area contributed by atoms with Crippen molar-refractivity contribution in [2.45, 2.75) is 91.1 Å². The number of likely N-dealkylation sites (tertiary alicyclic amines) is 2. The third-order valence-corrected chi connectivity index (χ3v) is 11.5. The number of amides is 2. The van der Waals surface area contributed by atoms with Gasteiger partial charge in [-0.15, -0.1) is 0 Å². The molecule has 1 aromatic heterocycles. The van der Waals surface area contributed by atoms with Gasteiger partial charge in [-0.1, -0.05) is 12.1 Å². The number of hydrogen-bond donors (Lipinski definition) is 1. The summed E-state index contributed by atoms with van der Waals surface area (Å²) in [6.07, 6.45) is -17.2. The summed E-state index contributed by atoms with van der Waals surface area (Å²) in [6.45, 7) is 1.76. The van der Waals surface area contributed by atoms with Gasteiger partial charge in [-0.05, 0) is 62.9 Å². The van der Waals surface area contributed by atoms with Crippen LogP contribution in [-0.2, 0) is 36.3 Å². The molecule has 0 saturated carbocycles. The molecule has 2 saturated heterocycles. The molecule has 258 valence electrons. The number of rotatable bonds is 6. The Morgan fingerprint density at radius 3 is 2.28 bits per heavy atom. The fourth-order valence-electron chi connectivity index (χ4n) is 6.91. The summed E-state index contributed by atoms with van der Waals surface area (Å²) < 4.78 is 152. The molecule has 1 aromatic carbocycles. The van der Waals surface area contributed by atoms with Crippen LogP contribution in [0.15, 0.2) is 41.3 Å². The van der Waals surface area contributed by atoms with Gasteiger partial charge in [-0.3, -0.25) is 14.6 Å². The number of fused-ring (bicyclic) bond motifs is 3. The van der Waals surface area contributed by atoms with E-state index >= 15 is 0 Å². The predicted octanol–water partition coefficient (Wildman–Crippen LogP) is 4.44. The smallest absolute Gasteiger partial charge is 0.389 e. The van der Waals surface area contributed by atoms with Crippen molar-refractivity contribution in [1.29, 1.82) is 0 Å². The highest BCUT2D eigenvalue weighted by molar-refractivity contribution is 7.92. The van der Waals surface area contributed by atoms with E-state index in [-0.39, 0.29) is 6.07 Å². The molecule has 2 fully saturated rings. The Hall–Kier alpha value is -3.41. The number of alkyl halides is 8. The zero-order chi connectivity index (χ0) is 35.1. The number of nitrogens with zero attached hydrogens (tertiary/aromatic N) is 3. The Morgan fingerprint density at radius 2 is 1.70 bits per heavy atom. The lowest BCUT2D eigenvalue weighted by Gasteiger charge is -2.43. The van der Waals surface area contributed by atoms with Crippen LogP contribution < -0.4 is 0 Å². The molecular weight excluding hydrogens is 673 g/mol.